The SMILES string of the molecule is CCN(CCO)C(=O)C(N)(CC)CC. The van der Waals surface area contributed by atoms with E-state index in [9.17, 15) is 4.79 Å². The van der Waals surface area contributed by atoms with E-state index in [1.807, 2.05) is 20.8 Å². The summed E-state index contributed by atoms with van der Waals surface area (Å²) in [7, 11) is 0. The third-order valence-electron chi connectivity index (χ3n) is 2.73. The molecule has 0 rings (SSSR count). The summed E-state index contributed by atoms with van der Waals surface area (Å²) in [4.78, 5) is 13.5. The Morgan fingerprint density at radius 2 is 1.86 bits per heavy atom. The number of carbonyl (C=O) groups excluding carboxylic acids is 1. The van der Waals surface area contributed by atoms with E-state index in [-0.39, 0.29) is 12.5 Å². The zero-order chi connectivity index (χ0) is 11.2. The molecule has 0 aliphatic rings. The molecule has 0 unspecified atom stereocenters. The zero-order valence-electron chi connectivity index (χ0n) is 9.42. The lowest BCUT2D eigenvalue weighted by Crippen LogP contribution is -2.55. The number of carbonyl (C=O) groups is 1. The minimum atomic E-state index is -0.759. The Kier molecular flexibility index (Phi) is 5.72. The maximum absolute atomic E-state index is 11.9. The summed E-state index contributed by atoms with van der Waals surface area (Å²) in [6.07, 6.45) is 1.26. The van der Waals surface area contributed by atoms with Crippen molar-refractivity contribution < 1.29 is 9.90 Å². The highest BCUT2D eigenvalue weighted by Gasteiger charge is 2.32. The zero-order valence-corrected chi connectivity index (χ0v) is 9.42. The molecule has 4 nitrogen and oxygen atoms in total. The molecule has 4 heteroatoms. The maximum Gasteiger partial charge on any atom is 0.242 e. The van der Waals surface area contributed by atoms with Crippen molar-refractivity contribution in [2.45, 2.75) is 39.2 Å². The van der Waals surface area contributed by atoms with E-state index in [4.69, 9.17) is 10.8 Å². The van der Waals surface area contributed by atoms with E-state index in [0.29, 0.717) is 25.9 Å². The van der Waals surface area contributed by atoms with Crippen LogP contribution in [-0.4, -0.2) is 41.1 Å². The summed E-state index contributed by atoms with van der Waals surface area (Å²) in [6.45, 7) is 6.66. The first-order chi connectivity index (χ1) is 6.55. The third kappa shape index (κ3) is 2.96. The fourth-order valence-corrected chi connectivity index (χ4v) is 1.39. The van der Waals surface area contributed by atoms with Crippen LogP contribution < -0.4 is 5.73 Å². The highest BCUT2D eigenvalue weighted by Crippen LogP contribution is 2.14. The van der Waals surface area contributed by atoms with Crippen LogP contribution >= 0.6 is 0 Å². The van der Waals surface area contributed by atoms with Gasteiger partial charge in [-0.05, 0) is 19.8 Å². The van der Waals surface area contributed by atoms with Crippen LogP contribution in [0.4, 0.5) is 0 Å². The van der Waals surface area contributed by atoms with Crippen molar-refractivity contribution in [2.24, 2.45) is 5.73 Å². The molecule has 0 aromatic heterocycles. The molecule has 0 aromatic carbocycles. The van der Waals surface area contributed by atoms with Crippen molar-refractivity contribution in [3.63, 3.8) is 0 Å². The standard InChI is InChI=1S/C10H22N2O2/c1-4-10(11,5-2)9(14)12(6-3)7-8-13/h13H,4-8,11H2,1-3H3. The molecule has 0 spiro atoms. The van der Waals surface area contributed by atoms with Gasteiger partial charge in [-0.15, -0.1) is 0 Å². The lowest BCUT2D eigenvalue weighted by atomic mass is 9.92. The largest absolute Gasteiger partial charge is 0.395 e. The molecule has 0 aliphatic carbocycles. The Hall–Kier alpha value is -0.610. The molecule has 3 N–H and O–H groups in total. The number of amides is 1. The smallest absolute Gasteiger partial charge is 0.242 e. The Morgan fingerprint density at radius 3 is 2.14 bits per heavy atom. The van der Waals surface area contributed by atoms with Gasteiger partial charge in [-0.3, -0.25) is 4.79 Å². The van der Waals surface area contributed by atoms with Gasteiger partial charge in [0, 0.05) is 13.1 Å². The molecule has 0 bridgehead atoms. The van der Waals surface area contributed by atoms with Gasteiger partial charge in [-0.25, -0.2) is 0 Å². The van der Waals surface area contributed by atoms with Crippen LogP contribution in [0.5, 0.6) is 0 Å². The first kappa shape index (κ1) is 13.4. The number of nitrogens with zero attached hydrogens (tertiary/aromatic N) is 1. The highest BCUT2D eigenvalue weighted by molar-refractivity contribution is 5.86. The van der Waals surface area contributed by atoms with Gasteiger partial charge in [0.25, 0.3) is 0 Å². The van der Waals surface area contributed by atoms with Gasteiger partial charge in [0.1, 0.15) is 0 Å². The minimum absolute atomic E-state index is 0.0108. The normalized spacial score (nSPS) is 11.5. The first-order valence-corrected chi connectivity index (χ1v) is 5.24. The quantitative estimate of drug-likeness (QED) is 0.653. The first-order valence-electron chi connectivity index (χ1n) is 5.24. The lowest BCUT2D eigenvalue weighted by Gasteiger charge is -2.32. The van der Waals surface area contributed by atoms with E-state index in [0.717, 1.165) is 0 Å². The van der Waals surface area contributed by atoms with Crippen LogP contribution in [0.2, 0.25) is 0 Å². The van der Waals surface area contributed by atoms with Crippen LogP contribution in [0.15, 0.2) is 0 Å². The third-order valence-corrected chi connectivity index (χ3v) is 2.73. The summed E-state index contributed by atoms with van der Waals surface area (Å²) >= 11 is 0. The number of hydrogen-bond donors (Lipinski definition) is 2. The van der Waals surface area contributed by atoms with Crippen LogP contribution in [0.1, 0.15) is 33.6 Å². The summed E-state index contributed by atoms with van der Waals surface area (Å²) < 4.78 is 0. The van der Waals surface area contributed by atoms with Crippen molar-refractivity contribution >= 4 is 5.91 Å². The fourth-order valence-electron chi connectivity index (χ4n) is 1.39. The van der Waals surface area contributed by atoms with Gasteiger partial charge in [0.05, 0.1) is 12.1 Å². The lowest BCUT2D eigenvalue weighted by molar-refractivity contribution is -0.137. The molecule has 0 aromatic rings. The Labute approximate surface area is 86.1 Å². The van der Waals surface area contributed by atoms with Crippen molar-refractivity contribution in [3.05, 3.63) is 0 Å². The van der Waals surface area contributed by atoms with Crippen molar-refractivity contribution in [1.29, 1.82) is 0 Å². The van der Waals surface area contributed by atoms with Crippen LogP contribution in [0.3, 0.4) is 0 Å². The van der Waals surface area contributed by atoms with Crippen LogP contribution in [0, 0.1) is 0 Å². The molecule has 0 saturated carbocycles. The molecule has 0 saturated heterocycles. The van der Waals surface area contributed by atoms with E-state index in [1.54, 1.807) is 4.90 Å². The molecule has 0 atom stereocenters. The van der Waals surface area contributed by atoms with Crippen molar-refractivity contribution in [1.82, 2.24) is 4.90 Å². The Balaban J connectivity index is 4.53. The van der Waals surface area contributed by atoms with Crippen LogP contribution in [-0.2, 0) is 4.79 Å². The van der Waals surface area contributed by atoms with Crippen molar-refractivity contribution in [2.75, 3.05) is 19.7 Å². The van der Waals surface area contributed by atoms with E-state index < -0.39 is 5.54 Å². The number of aliphatic hydroxyl groups is 1. The van der Waals surface area contributed by atoms with E-state index in [2.05, 4.69) is 0 Å². The number of rotatable bonds is 6. The summed E-state index contributed by atoms with van der Waals surface area (Å²) in [6, 6.07) is 0. The van der Waals surface area contributed by atoms with Crippen molar-refractivity contribution in [3.8, 4) is 0 Å². The predicted octanol–water partition coefficient (Wildman–Crippen LogP) is 0.345. The molecule has 0 fully saturated rings. The molecule has 1 amide bonds. The monoisotopic (exact) mass is 202 g/mol. The average Bonchev–Trinajstić information content (AvgIpc) is 2.23. The second kappa shape index (κ2) is 5.98. The van der Waals surface area contributed by atoms with E-state index >= 15 is 0 Å². The van der Waals surface area contributed by atoms with Gasteiger partial charge in [-0.2, -0.15) is 0 Å². The molecule has 0 heterocycles. The van der Waals surface area contributed by atoms with Gasteiger partial charge < -0.3 is 15.7 Å². The molecule has 0 aliphatic heterocycles. The maximum atomic E-state index is 11.9. The Morgan fingerprint density at radius 1 is 1.36 bits per heavy atom. The average molecular weight is 202 g/mol. The summed E-state index contributed by atoms with van der Waals surface area (Å²) in [5, 5.41) is 8.79. The van der Waals surface area contributed by atoms with Crippen LogP contribution in [0.25, 0.3) is 0 Å². The topological polar surface area (TPSA) is 66.6 Å². The second-order valence-corrected chi connectivity index (χ2v) is 3.47. The fraction of sp³-hybridized carbons (Fsp3) is 0.900. The molecular formula is C10H22N2O2. The minimum Gasteiger partial charge on any atom is -0.395 e. The van der Waals surface area contributed by atoms with E-state index in [1.165, 1.54) is 0 Å². The highest BCUT2D eigenvalue weighted by atomic mass is 16.3. The summed E-state index contributed by atoms with van der Waals surface area (Å²) in [5.74, 6) is -0.0564. The van der Waals surface area contributed by atoms with Gasteiger partial charge >= 0.3 is 0 Å². The molecule has 84 valence electrons. The summed E-state index contributed by atoms with van der Waals surface area (Å²) in [5.41, 5.74) is 5.22. The molecule has 0 radical (unpaired) electrons. The van der Waals surface area contributed by atoms with Gasteiger partial charge in [0.15, 0.2) is 0 Å². The number of hydrogen-bond acceptors (Lipinski definition) is 3. The number of nitrogens with two attached hydrogens (primary N) is 1. The number of aliphatic hydroxyl groups excluding tert-OH is 1. The second-order valence-electron chi connectivity index (χ2n) is 3.47. The number of likely N-dealkylation sites (N-methyl/N-ethyl adjacent to an activating group) is 1. The van der Waals surface area contributed by atoms with Gasteiger partial charge in [0.2, 0.25) is 5.91 Å². The molecular weight excluding hydrogens is 180 g/mol. The predicted molar refractivity (Wildman–Crippen MR) is 56.8 cm³/mol. The van der Waals surface area contributed by atoms with Gasteiger partial charge in [-0.1, -0.05) is 13.8 Å². The molecule has 14 heavy (non-hydrogen) atoms. The Bertz CT molecular complexity index is 179.